The summed E-state index contributed by atoms with van der Waals surface area (Å²) in [4.78, 5) is 11.6. The predicted octanol–water partition coefficient (Wildman–Crippen LogP) is 2.91. The van der Waals surface area contributed by atoms with Crippen molar-refractivity contribution >= 4 is 38.4 Å². The van der Waals surface area contributed by atoms with Crippen LogP contribution in [0.25, 0.3) is 0 Å². The van der Waals surface area contributed by atoms with Crippen LogP contribution in [0.3, 0.4) is 0 Å². The van der Waals surface area contributed by atoms with Gasteiger partial charge in [0.05, 0.1) is 17.8 Å². The van der Waals surface area contributed by atoms with E-state index >= 15 is 0 Å². The summed E-state index contributed by atoms with van der Waals surface area (Å²) in [5.74, 6) is 0.178. The number of carbonyl (C=O) groups excluding carboxylic acids is 1. The lowest BCUT2D eigenvalue weighted by atomic mass is 10.0. The fourth-order valence-corrected chi connectivity index (χ4v) is 2.48. The Morgan fingerprint density at radius 3 is 2.81 bits per heavy atom. The maximum atomic E-state index is 11.6. The van der Waals surface area contributed by atoms with Crippen LogP contribution in [0.5, 0.6) is 0 Å². The molecule has 1 aromatic heterocycles. The van der Waals surface area contributed by atoms with E-state index in [1.165, 1.54) is 18.6 Å². The van der Waals surface area contributed by atoms with Crippen molar-refractivity contribution in [2.24, 2.45) is 5.92 Å². The van der Waals surface area contributed by atoms with Crippen LogP contribution in [0.15, 0.2) is 10.7 Å². The summed E-state index contributed by atoms with van der Waals surface area (Å²) in [5.41, 5.74) is 0. The molecule has 0 bridgehead atoms. The molecular weight excluding hydrogens is 292 g/mol. The van der Waals surface area contributed by atoms with Crippen LogP contribution in [0.1, 0.15) is 20.3 Å². The lowest BCUT2D eigenvalue weighted by Gasteiger charge is -2.18. The van der Waals surface area contributed by atoms with Crippen LogP contribution in [-0.2, 0) is 9.53 Å². The number of carbonyl (C=O) groups is 1. The van der Waals surface area contributed by atoms with Crippen molar-refractivity contribution in [1.82, 2.24) is 4.37 Å². The molecule has 0 aliphatic heterocycles. The third kappa shape index (κ3) is 3.75. The first kappa shape index (κ1) is 13.4. The topological polar surface area (TPSA) is 51.2 Å². The van der Waals surface area contributed by atoms with Crippen molar-refractivity contribution in [1.29, 1.82) is 0 Å². The van der Waals surface area contributed by atoms with Gasteiger partial charge < -0.3 is 10.1 Å². The lowest BCUT2D eigenvalue weighted by Crippen LogP contribution is -2.31. The van der Waals surface area contributed by atoms with Gasteiger partial charge in [0.2, 0.25) is 0 Å². The van der Waals surface area contributed by atoms with Crippen LogP contribution >= 0.6 is 27.5 Å². The highest BCUT2D eigenvalue weighted by molar-refractivity contribution is 9.10. The van der Waals surface area contributed by atoms with E-state index in [1.807, 2.05) is 0 Å². The zero-order valence-electron chi connectivity index (χ0n) is 9.49. The maximum Gasteiger partial charge on any atom is 0.328 e. The van der Waals surface area contributed by atoms with Gasteiger partial charge in [0, 0.05) is 0 Å². The lowest BCUT2D eigenvalue weighted by molar-refractivity contribution is -0.141. The molecule has 0 aliphatic carbocycles. The Balaban J connectivity index is 2.70. The summed E-state index contributed by atoms with van der Waals surface area (Å²) in [6.07, 6.45) is 2.44. The molecule has 16 heavy (non-hydrogen) atoms. The van der Waals surface area contributed by atoms with Gasteiger partial charge in [-0.3, -0.25) is 0 Å². The van der Waals surface area contributed by atoms with E-state index in [0.29, 0.717) is 5.92 Å². The monoisotopic (exact) mass is 306 g/mol. The molecule has 0 saturated heterocycles. The first-order chi connectivity index (χ1) is 7.54. The summed E-state index contributed by atoms with van der Waals surface area (Å²) >= 11 is 4.68. The van der Waals surface area contributed by atoms with Crippen LogP contribution in [0, 0.1) is 5.92 Å². The first-order valence-corrected chi connectivity index (χ1v) is 6.55. The minimum absolute atomic E-state index is 0.242. The van der Waals surface area contributed by atoms with E-state index in [0.717, 1.165) is 15.9 Å². The largest absolute Gasteiger partial charge is 0.467 e. The first-order valence-electron chi connectivity index (χ1n) is 4.99. The van der Waals surface area contributed by atoms with Crippen molar-refractivity contribution in [3.63, 3.8) is 0 Å². The number of nitrogens with zero attached hydrogens (tertiary/aromatic N) is 1. The highest BCUT2D eigenvalue weighted by atomic mass is 79.9. The maximum absolute atomic E-state index is 11.6. The standard InChI is InChI=1S/C10H15BrN2O2S/c1-6(2)4-8(10(14)15-3)13-9-7(11)5-12-16-9/h5-6,8,13H,4H2,1-3H3/t8-/m0/s1. The van der Waals surface area contributed by atoms with E-state index in [1.54, 1.807) is 6.20 Å². The number of esters is 1. The average Bonchev–Trinajstić information content (AvgIpc) is 2.61. The van der Waals surface area contributed by atoms with Gasteiger partial charge in [-0.15, -0.1) is 0 Å². The quantitative estimate of drug-likeness (QED) is 0.850. The summed E-state index contributed by atoms with van der Waals surface area (Å²) in [7, 11) is 1.40. The molecule has 1 N–H and O–H groups in total. The second-order valence-electron chi connectivity index (χ2n) is 3.85. The van der Waals surface area contributed by atoms with Gasteiger partial charge in [-0.05, 0) is 39.8 Å². The Morgan fingerprint density at radius 2 is 2.38 bits per heavy atom. The van der Waals surface area contributed by atoms with Gasteiger partial charge >= 0.3 is 5.97 Å². The molecule has 1 atom stereocenters. The van der Waals surface area contributed by atoms with E-state index in [2.05, 4.69) is 39.5 Å². The van der Waals surface area contributed by atoms with Crippen molar-refractivity contribution in [2.75, 3.05) is 12.4 Å². The normalized spacial score (nSPS) is 12.6. The molecule has 1 rings (SSSR count). The van der Waals surface area contributed by atoms with Crippen molar-refractivity contribution in [3.05, 3.63) is 10.7 Å². The van der Waals surface area contributed by atoms with Crippen LogP contribution in [0.4, 0.5) is 5.00 Å². The average molecular weight is 307 g/mol. The SMILES string of the molecule is COC(=O)[C@H](CC(C)C)Nc1sncc1Br. The molecule has 0 fully saturated rings. The fourth-order valence-electron chi connectivity index (χ4n) is 1.31. The molecular formula is C10H15BrN2O2S. The Hall–Kier alpha value is -0.620. The number of nitrogens with one attached hydrogen (secondary N) is 1. The van der Waals surface area contributed by atoms with Gasteiger partial charge in [0.25, 0.3) is 0 Å². The van der Waals surface area contributed by atoms with Crippen molar-refractivity contribution in [2.45, 2.75) is 26.3 Å². The van der Waals surface area contributed by atoms with Crippen LogP contribution < -0.4 is 5.32 Å². The Labute approximate surface area is 108 Å². The second kappa shape index (κ2) is 6.20. The highest BCUT2D eigenvalue weighted by Gasteiger charge is 2.21. The molecule has 0 aromatic carbocycles. The number of ether oxygens (including phenoxy) is 1. The number of aromatic nitrogens is 1. The summed E-state index contributed by atoms with van der Waals surface area (Å²) < 4.78 is 9.66. The fraction of sp³-hybridized carbons (Fsp3) is 0.600. The molecule has 0 aliphatic rings. The molecule has 1 aromatic rings. The number of rotatable bonds is 5. The number of halogens is 1. The van der Waals surface area contributed by atoms with Crippen LogP contribution in [-0.4, -0.2) is 23.5 Å². The van der Waals surface area contributed by atoms with E-state index in [4.69, 9.17) is 4.74 Å². The Morgan fingerprint density at radius 1 is 1.69 bits per heavy atom. The zero-order valence-corrected chi connectivity index (χ0v) is 11.9. The molecule has 0 unspecified atom stereocenters. The van der Waals surface area contributed by atoms with Crippen molar-refractivity contribution < 1.29 is 9.53 Å². The number of hydrogen-bond acceptors (Lipinski definition) is 5. The third-order valence-corrected chi connectivity index (χ3v) is 3.62. The highest BCUT2D eigenvalue weighted by Crippen LogP contribution is 2.27. The molecule has 0 saturated carbocycles. The molecule has 0 amide bonds. The smallest absolute Gasteiger partial charge is 0.328 e. The molecule has 6 heteroatoms. The molecule has 0 spiro atoms. The molecule has 4 nitrogen and oxygen atoms in total. The zero-order chi connectivity index (χ0) is 12.1. The Kier molecular flexibility index (Phi) is 5.21. The van der Waals surface area contributed by atoms with Gasteiger partial charge in [-0.25, -0.2) is 4.79 Å². The van der Waals surface area contributed by atoms with Crippen LogP contribution in [0.2, 0.25) is 0 Å². The predicted molar refractivity (Wildman–Crippen MR) is 68.7 cm³/mol. The van der Waals surface area contributed by atoms with E-state index in [9.17, 15) is 4.79 Å². The third-order valence-electron chi connectivity index (χ3n) is 2.03. The van der Waals surface area contributed by atoms with Crippen molar-refractivity contribution in [3.8, 4) is 0 Å². The number of hydrogen-bond donors (Lipinski definition) is 1. The summed E-state index contributed by atoms with van der Waals surface area (Å²) in [6.45, 7) is 4.14. The summed E-state index contributed by atoms with van der Waals surface area (Å²) in [5, 5.41) is 4.00. The van der Waals surface area contributed by atoms with E-state index < -0.39 is 0 Å². The molecule has 90 valence electrons. The minimum atomic E-state index is -0.318. The van der Waals surface area contributed by atoms with E-state index in [-0.39, 0.29) is 12.0 Å². The number of methoxy groups -OCH3 is 1. The number of anilines is 1. The van der Waals surface area contributed by atoms with Gasteiger partial charge in [0.1, 0.15) is 11.0 Å². The minimum Gasteiger partial charge on any atom is -0.467 e. The molecule has 0 radical (unpaired) electrons. The van der Waals surface area contributed by atoms with Gasteiger partial charge in [-0.2, -0.15) is 4.37 Å². The van der Waals surface area contributed by atoms with Gasteiger partial charge in [0.15, 0.2) is 0 Å². The van der Waals surface area contributed by atoms with Gasteiger partial charge in [-0.1, -0.05) is 13.8 Å². The second-order valence-corrected chi connectivity index (χ2v) is 5.51. The molecule has 1 heterocycles. The Bertz CT molecular complexity index is 354. The summed E-state index contributed by atoms with van der Waals surface area (Å²) in [6, 6.07) is -0.318.